The first-order chi connectivity index (χ1) is 13.3. The molecule has 0 amide bonds. The molecule has 0 N–H and O–H groups in total. The Morgan fingerprint density at radius 2 is 1.96 bits per heavy atom. The van der Waals surface area contributed by atoms with E-state index in [2.05, 4.69) is 0 Å². The molecule has 2 atom stereocenters. The number of ether oxygens (including phenoxy) is 3. The van der Waals surface area contributed by atoms with Crippen LogP contribution in [0.5, 0.6) is 11.5 Å². The fourth-order valence-electron chi connectivity index (χ4n) is 3.13. The van der Waals surface area contributed by atoms with E-state index in [0.717, 1.165) is 0 Å². The first-order valence-electron chi connectivity index (χ1n) is 8.46. The molecule has 0 saturated heterocycles. The Balaban J connectivity index is 2.14. The fraction of sp³-hybridized carbons (Fsp3) is 0.300. The van der Waals surface area contributed by atoms with Crippen molar-refractivity contribution in [1.82, 2.24) is 0 Å². The quantitative estimate of drug-likeness (QED) is 0.398. The van der Waals surface area contributed by atoms with Gasteiger partial charge >= 0.3 is 5.97 Å². The van der Waals surface area contributed by atoms with Crippen LogP contribution in [0.3, 0.4) is 0 Å². The molecule has 8 heteroatoms. The van der Waals surface area contributed by atoms with Gasteiger partial charge in [-0.2, -0.15) is 0 Å². The number of fused-ring (bicyclic) bond motifs is 1. The molecule has 2 aromatic carbocycles. The summed E-state index contributed by atoms with van der Waals surface area (Å²) in [5.41, 5.74) is 0.704. The zero-order valence-corrected chi connectivity index (χ0v) is 16.9. The molecular weight excluding hydrogens is 410 g/mol. The average molecular weight is 427 g/mol. The van der Waals surface area contributed by atoms with Gasteiger partial charge in [0.05, 0.1) is 24.8 Å². The van der Waals surface area contributed by atoms with Crippen LogP contribution in [-0.2, 0) is 9.53 Å². The number of esters is 1. The van der Waals surface area contributed by atoms with Crippen LogP contribution in [0.2, 0.25) is 0 Å². The molecule has 1 aliphatic rings. The lowest BCUT2D eigenvalue weighted by Crippen LogP contribution is -2.40. The molecule has 0 fully saturated rings. The largest absolute Gasteiger partial charge is 0.496 e. The average Bonchev–Trinajstić information content (AvgIpc) is 2.94. The summed E-state index contributed by atoms with van der Waals surface area (Å²) in [5, 5.41) is -3.10. The van der Waals surface area contributed by atoms with Crippen LogP contribution in [0.15, 0.2) is 30.3 Å². The Morgan fingerprint density at radius 3 is 2.57 bits per heavy atom. The molecule has 2 aromatic rings. The molecule has 5 nitrogen and oxygen atoms in total. The number of rotatable bonds is 5. The lowest BCUT2D eigenvalue weighted by Gasteiger charge is -2.22. The van der Waals surface area contributed by atoms with Gasteiger partial charge in [-0.05, 0) is 32.0 Å². The second-order valence-electron chi connectivity index (χ2n) is 6.14. The second kappa shape index (κ2) is 7.60. The van der Waals surface area contributed by atoms with Crippen LogP contribution >= 0.6 is 23.2 Å². The minimum absolute atomic E-state index is 0.0860. The summed E-state index contributed by atoms with van der Waals surface area (Å²) < 4.78 is 30.1. The Labute approximate surface area is 171 Å². The Hall–Kier alpha value is -2.31. The zero-order valence-electron chi connectivity index (χ0n) is 15.3. The Kier molecular flexibility index (Phi) is 5.55. The highest BCUT2D eigenvalue weighted by atomic mass is 35.5. The van der Waals surface area contributed by atoms with Gasteiger partial charge in [0.2, 0.25) is 0 Å². The molecular formula is C20H17Cl2FO5. The van der Waals surface area contributed by atoms with Crippen LogP contribution in [0.1, 0.15) is 39.3 Å². The molecule has 1 aliphatic heterocycles. The lowest BCUT2D eigenvalue weighted by atomic mass is 9.95. The standard InChI is InChI=1S/C20H17Cl2FO5/c1-4-27-19(25)20(22)18(21)13-9-12(16(26-3)10(2)17(13)28-20)15(24)11-7-5-6-8-14(11)23/h5-9,18H,4H2,1-3H3. The number of hydrogen-bond acceptors (Lipinski definition) is 5. The minimum Gasteiger partial charge on any atom is -0.496 e. The number of hydrogen-bond donors (Lipinski definition) is 0. The predicted octanol–water partition coefficient (Wildman–Crippen LogP) is 4.54. The first-order valence-corrected chi connectivity index (χ1v) is 9.27. The van der Waals surface area contributed by atoms with E-state index in [4.69, 9.17) is 37.4 Å². The van der Waals surface area contributed by atoms with E-state index < -0.39 is 28.0 Å². The monoisotopic (exact) mass is 426 g/mol. The number of methoxy groups -OCH3 is 1. The van der Waals surface area contributed by atoms with Gasteiger partial charge in [-0.25, -0.2) is 9.18 Å². The number of carbonyl (C=O) groups is 2. The van der Waals surface area contributed by atoms with E-state index in [1.54, 1.807) is 19.9 Å². The van der Waals surface area contributed by atoms with Gasteiger partial charge in [0.25, 0.3) is 5.06 Å². The van der Waals surface area contributed by atoms with E-state index >= 15 is 0 Å². The Morgan fingerprint density at radius 1 is 1.29 bits per heavy atom. The maximum atomic E-state index is 14.1. The number of alkyl halides is 2. The lowest BCUT2D eigenvalue weighted by molar-refractivity contribution is -0.153. The SMILES string of the molecule is CCOC(=O)C1(Cl)Oc2c(cc(C(=O)c3ccccc3F)c(OC)c2C)C1Cl. The van der Waals surface area contributed by atoms with Gasteiger partial charge in [-0.3, -0.25) is 4.79 Å². The van der Waals surface area contributed by atoms with E-state index in [9.17, 15) is 14.0 Å². The molecule has 0 spiro atoms. The summed E-state index contributed by atoms with van der Waals surface area (Å²) >= 11 is 12.8. The van der Waals surface area contributed by atoms with E-state index in [0.29, 0.717) is 11.1 Å². The van der Waals surface area contributed by atoms with Crippen LogP contribution in [0.25, 0.3) is 0 Å². The summed E-state index contributed by atoms with van der Waals surface area (Å²) in [6.07, 6.45) is 0. The van der Waals surface area contributed by atoms with Crippen molar-refractivity contribution in [3.63, 3.8) is 0 Å². The van der Waals surface area contributed by atoms with Gasteiger partial charge in [-0.15, -0.1) is 11.6 Å². The molecule has 0 aromatic heterocycles. The van der Waals surface area contributed by atoms with Gasteiger partial charge in [0, 0.05) is 11.1 Å². The van der Waals surface area contributed by atoms with Gasteiger partial charge < -0.3 is 14.2 Å². The summed E-state index contributed by atoms with van der Waals surface area (Å²) in [5.74, 6) is -1.68. The van der Waals surface area contributed by atoms with Crippen molar-refractivity contribution < 1.29 is 28.2 Å². The third-order valence-electron chi connectivity index (χ3n) is 4.46. The maximum absolute atomic E-state index is 14.1. The third kappa shape index (κ3) is 3.10. The summed E-state index contributed by atoms with van der Waals surface area (Å²) in [6, 6.07) is 7.02. The van der Waals surface area contributed by atoms with Gasteiger partial charge in [-0.1, -0.05) is 23.7 Å². The molecule has 0 bridgehead atoms. The summed E-state index contributed by atoms with van der Waals surface area (Å²) in [7, 11) is 1.37. The second-order valence-corrected chi connectivity index (χ2v) is 7.14. The van der Waals surface area contributed by atoms with E-state index in [1.165, 1.54) is 31.4 Å². The maximum Gasteiger partial charge on any atom is 0.368 e. The number of benzene rings is 2. The minimum atomic E-state index is -1.98. The van der Waals surface area contributed by atoms with Gasteiger partial charge in [0.1, 0.15) is 22.7 Å². The highest BCUT2D eigenvalue weighted by Crippen LogP contribution is 2.54. The van der Waals surface area contributed by atoms with Crippen molar-refractivity contribution in [1.29, 1.82) is 0 Å². The summed E-state index contributed by atoms with van der Waals surface area (Å²) in [6.45, 7) is 3.35. The molecule has 28 heavy (non-hydrogen) atoms. The van der Waals surface area contributed by atoms with Crippen molar-refractivity contribution >= 4 is 35.0 Å². The third-order valence-corrected chi connectivity index (χ3v) is 5.56. The number of halogens is 3. The normalized spacial score (nSPS) is 20.3. The van der Waals surface area contributed by atoms with Crippen LogP contribution < -0.4 is 9.47 Å². The zero-order chi connectivity index (χ0) is 20.6. The molecule has 3 rings (SSSR count). The molecule has 0 saturated carbocycles. The van der Waals surface area contributed by atoms with E-state index in [-0.39, 0.29) is 29.2 Å². The molecule has 0 radical (unpaired) electrons. The topological polar surface area (TPSA) is 61.8 Å². The molecule has 0 aliphatic carbocycles. The van der Waals surface area contributed by atoms with Crippen molar-refractivity contribution in [3.05, 3.63) is 58.4 Å². The highest BCUT2D eigenvalue weighted by Gasteiger charge is 2.55. The van der Waals surface area contributed by atoms with Crippen LogP contribution in [0, 0.1) is 12.7 Å². The number of carbonyl (C=O) groups excluding carboxylic acids is 2. The molecule has 148 valence electrons. The first kappa shape index (κ1) is 20.4. The van der Waals surface area contributed by atoms with Crippen molar-refractivity contribution in [2.24, 2.45) is 0 Å². The van der Waals surface area contributed by atoms with Gasteiger partial charge in [0.15, 0.2) is 5.78 Å². The number of ketones is 1. The molecule has 2 unspecified atom stereocenters. The highest BCUT2D eigenvalue weighted by molar-refractivity contribution is 6.40. The van der Waals surface area contributed by atoms with E-state index in [1.807, 2.05) is 0 Å². The molecule has 1 heterocycles. The smallest absolute Gasteiger partial charge is 0.368 e. The fourth-order valence-corrected chi connectivity index (χ4v) is 3.67. The van der Waals surface area contributed by atoms with Crippen molar-refractivity contribution in [3.8, 4) is 11.5 Å². The van der Waals surface area contributed by atoms with Crippen molar-refractivity contribution in [2.45, 2.75) is 24.3 Å². The Bertz CT molecular complexity index is 962. The van der Waals surface area contributed by atoms with Crippen LogP contribution in [-0.4, -0.2) is 30.5 Å². The summed E-state index contributed by atoms with van der Waals surface area (Å²) in [4.78, 5) is 25.3. The predicted molar refractivity (Wildman–Crippen MR) is 102 cm³/mol. The van der Waals surface area contributed by atoms with Crippen LogP contribution in [0.4, 0.5) is 4.39 Å². The van der Waals surface area contributed by atoms with Crippen molar-refractivity contribution in [2.75, 3.05) is 13.7 Å².